The molecule has 0 amide bonds. The maximum atomic E-state index is 10.9. The number of phenols is 2. The molecule has 1 saturated carbocycles. The molecule has 2 aliphatic rings. The van der Waals surface area contributed by atoms with Crippen molar-refractivity contribution in [2.45, 2.75) is 37.8 Å². The van der Waals surface area contributed by atoms with E-state index in [4.69, 9.17) is 21.6 Å². The molecule has 1 aliphatic carbocycles. The lowest BCUT2D eigenvalue weighted by atomic mass is 9.90. The van der Waals surface area contributed by atoms with Crippen molar-refractivity contribution in [2.24, 2.45) is 9.98 Å². The summed E-state index contributed by atoms with van der Waals surface area (Å²) in [5.74, 6) is 0.246. The SMILES string of the molecule is Oc1c2ccccc2c(O)c2c3c(c(Cl)cc12)=NC1(CCCCC1)N=3. The zero-order valence-corrected chi connectivity index (χ0v) is 14.3. The van der Waals surface area contributed by atoms with Crippen LogP contribution in [0.3, 0.4) is 0 Å². The average molecular weight is 353 g/mol. The molecule has 1 fully saturated rings. The minimum Gasteiger partial charge on any atom is -0.507 e. The number of rotatable bonds is 0. The fourth-order valence-corrected chi connectivity index (χ4v) is 4.47. The first-order chi connectivity index (χ1) is 12.1. The van der Waals surface area contributed by atoms with Crippen LogP contribution < -0.4 is 10.7 Å². The van der Waals surface area contributed by atoms with Crippen molar-refractivity contribution >= 4 is 33.1 Å². The molecule has 5 rings (SSSR count). The molecule has 0 atom stereocenters. The Morgan fingerprint density at radius 1 is 0.840 bits per heavy atom. The van der Waals surface area contributed by atoms with E-state index in [9.17, 15) is 10.2 Å². The molecule has 0 bridgehead atoms. The smallest absolute Gasteiger partial charge is 0.151 e. The lowest BCUT2D eigenvalue weighted by Crippen LogP contribution is -2.26. The van der Waals surface area contributed by atoms with Gasteiger partial charge in [-0.3, -0.25) is 9.98 Å². The second-order valence-electron chi connectivity index (χ2n) is 6.99. The molecular weight excluding hydrogens is 336 g/mol. The summed E-state index contributed by atoms with van der Waals surface area (Å²) in [5.41, 5.74) is -0.452. The third-order valence-electron chi connectivity index (χ3n) is 5.45. The standard InChI is InChI=1S/C20H17ClN2O2/c21-14-10-13-15(19(25)12-7-3-2-6-11(12)18(13)24)17-16(14)22-20(23-17)8-4-1-5-9-20/h2-3,6-7,10,24-25H,1,4-5,8-9H2. The molecule has 25 heavy (non-hydrogen) atoms. The Bertz CT molecular complexity index is 1160. The number of hydrogen-bond donors (Lipinski definition) is 2. The van der Waals surface area contributed by atoms with Crippen LogP contribution in [-0.2, 0) is 0 Å². The maximum Gasteiger partial charge on any atom is 0.151 e. The number of aromatic hydroxyl groups is 2. The normalized spacial score (nSPS) is 18.3. The highest BCUT2D eigenvalue weighted by molar-refractivity contribution is 6.31. The van der Waals surface area contributed by atoms with Crippen LogP contribution in [0, 0.1) is 0 Å². The van der Waals surface area contributed by atoms with E-state index in [1.165, 1.54) is 6.42 Å². The van der Waals surface area contributed by atoms with Crippen LogP contribution in [0.4, 0.5) is 0 Å². The third-order valence-corrected chi connectivity index (χ3v) is 5.74. The molecule has 2 N–H and O–H groups in total. The lowest BCUT2D eigenvalue weighted by molar-refractivity contribution is 0.309. The molecule has 3 aromatic rings. The second kappa shape index (κ2) is 5.09. The molecule has 4 nitrogen and oxygen atoms in total. The van der Waals surface area contributed by atoms with Crippen molar-refractivity contribution in [3.63, 3.8) is 0 Å². The molecule has 0 aromatic heterocycles. The van der Waals surface area contributed by atoms with Gasteiger partial charge in [-0.1, -0.05) is 42.3 Å². The highest BCUT2D eigenvalue weighted by Crippen LogP contribution is 2.41. The van der Waals surface area contributed by atoms with E-state index in [2.05, 4.69) is 0 Å². The van der Waals surface area contributed by atoms with Gasteiger partial charge in [-0.05, 0) is 31.7 Å². The summed E-state index contributed by atoms with van der Waals surface area (Å²) in [4.78, 5) is 9.77. The van der Waals surface area contributed by atoms with Gasteiger partial charge in [0.1, 0.15) is 16.9 Å². The number of nitrogens with zero attached hydrogens (tertiary/aromatic N) is 2. The Morgan fingerprint density at radius 3 is 2.20 bits per heavy atom. The molecule has 3 aromatic carbocycles. The molecule has 0 radical (unpaired) electrons. The van der Waals surface area contributed by atoms with Crippen molar-refractivity contribution < 1.29 is 10.2 Å². The van der Waals surface area contributed by atoms with Crippen LogP contribution >= 0.6 is 11.6 Å². The fourth-order valence-electron chi connectivity index (χ4n) is 4.23. The van der Waals surface area contributed by atoms with Gasteiger partial charge in [-0.25, -0.2) is 0 Å². The molecular formula is C20H17ClN2O2. The van der Waals surface area contributed by atoms with E-state index in [-0.39, 0.29) is 11.5 Å². The molecule has 1 aliphatic heterocycles. The van der Waals surface area contributed by atoms with Crippen LogP contribution in [-0.4, -0.2) is 15.9 Å². The van der Waals surface area contributed by atoms with Crippen LogP contribution in [0.2, 0.25) is 5.02 Å². The van der Waals surface area contributed by atoms with Gasteiger partial charge in [0, 0.05) is 16.2 Å². The van der Waals surface area contributed by atoms with E-state index < -0.39 is 5.66 Å². The molecule has 0 saturated heterocycles. The summed E-state index contributed by atoms with van der Waals surface area (Å²) in [6.07, 6.45) is 5.20. The Balaban J connectivity index is 1.97. The molecule has 1 heterocycles. The minimum absolute atomic E-state index is 0.118. The van der Waals surface area contributed by atoms with E-state index in [0.29, 0.717) is 37.3 Å². The van der Waals surface area contributed by atoms with Gasteiger partial charge >= 0.3 is 0 Å². The van der Waals surface area contributed by atoms with E-state index in [1.54, 1.807) is 18.2 Å². The average Bonchev–Trinajstić information content (AvgIpc) is 2.99. The summed E-state index contributed by atoms with van der Waals surface area (Å²) in [6.45, 7) is 0. The van der Waals surface area contributed by atoms with Crippen molar-refractivity contribution in [3.8, 4) is 11.5 Å². The predicted molar refractivity (Wildman–Crippen MR) is 97.9 cm³/mol. The molecule has 0 unspecified atom stereocenters. The Kier molecular flexibility index (Phi) is 3.04. The Morgan fingerprint density at radius 2 is 1.48 bits per heavy atom. The van der Waals surface area contributed by atoms with Gasteiger partial charge in [0.25, 0.3) is 0 Å². The van der Waals surface area contributed by atoms with Gasteiger partial charge < -0.3 is 10.2 Å². The van der Waals surface area contributed by atoms with Gasteiger partial charge in [-0.15, -0.1) is 0 Å². The Hall–Kier alpha value is -2.33. The number of phenolic OH excluding ortho intramolecular Hbond substituents is 2. The van der Waals surface area contributed by atoms with Crippen molar-refractivity contribution in [2.75, 3.05) is 0 Å². The van der Waals surface area contributed by atoms with Gasteiger partial charge in [-0.2, -0.15) is 0 Å². The zero-order chi connectivity index (χ0) is 17.2. The van der Waals surface area contributed by atoms with Crippen molar-refractivity contribution in [1.82, 2.24) is 0 Å². The van der Waals surface area contributed by atoms with Gasteiger partial charge in [0.15, 0.2) is 5.66 Å². The van der Waals surface area contributed by atoms with Crippen LogP contribution in [0.25, 0.3) is 21.5 Å². The summed E-state index contributed by atoms with van der Waals surface area (Å²) in [5, 5.41) is 25.7. The van der Waals surface area contributed by atoms with Gasteiger partial charge in [0.2, 0.25) is 0 Å². The van der Waals surface area contributed by atoms with E-state index in [0.717, 1.165) is 25.7 Å². The van der Waals surface area contributed by atoms with Crippen molar-refractivity contribution in [3.05, 3.63) is 46.1 Å². The molecule has 126 valence electrons. The Labute approximate surface area is 149 Å². The first kappa shape index (κ1) is 15.0. The summed E-state index contributed by atoms with van der Waals surface area (Å²) in [6, 6.07) is 8.95. The minimum atomic E-state index is -0.452. The van der Waals surface area contributed by atoms with E-state index in [1.807, 2.05) is 12.1 Å². The number of benzene rings is 3. The van der Waals surface area contributed by atoms with E-state index >= 15 is 0 Å². The quantitative estimate of drug-likeness (QED) is 0.475. The number of fused-ring (bicyclic) bond motifs is 4. The topological polar surface area (TPSA) is 65.2 Å². The molecule has 5 heteroatoms. The highest BCUT2D eigenvalue weighted by atomic mass is 35.5. The first-order valence-electron chi connectivity index (χ1n) is 8.64. The third kappa shape index (κ3) is 2.00. The summed E-state index contributed by atoms with van der Waals surface area (Å²) in [7, 11) is 0. The zero-order valence-electron chi connectivity index (χ0n) is 13.6. The van der Waals surface area contributed by atoms with Crippen molar-refractivity contribution in [1.29, 1.82) is 0 Å². The maximum absolute atomic E-state index is 10.9. The summed E-state index contributed by atoms with van der Waals surface area (Å²) < 4.78 is 0. The summed E-state index contributed by atoms with van der Waals surface area (Å²) >= 11 is 6.48. The fraction of sp³-hybridized carbons (Fsp3) is 0.300. The molecule has 1 spiro atoms. The van der Waals surface area contributed by atoms with Crippen LogP contribution in [0.1, 0.15) is 32.1 Å². The van der Waals surface area contributed by atoms with Crippen LogP contribution in [0.15, 0.2) is 40.3 Å². The predicted octanol–water partition coefficient (Wildman–Crippen LogP) is 3.97. The first-order valence-corrected chi connectivity index (χ1v) is 9.02. The lowest BCUT2D eigenvalue weighted by Gasteiger charge is -2.27. The highest BCUT2D eigenvalue weighted by Gasteiger charge is 2.34. The van der Waals surface area contributed by atoms with Crippen LogP contribution in [0.5, 0.6) is 11.5 Å². The second-order valence-corrected chi connectivity index (χ2v) is 7.39. The largest absolute Gasteiger partial charge is 0.507 e. The van der Waals surface area contributed by atoms with Gasteiger partial charge in [0.05, 0.1) is 15.8 Å². The number of hydrogen-bond acceptors (Lipinski definition) is 4. The number of halogens is 1. The monoisotopic (exact) mass is 352 g/mol.